The van der Waals surface area contributed by atoms with Crippen molar-refractivity contribution in [1.82, 2.24) is 4.98 Å². The summed E-state index contributed by atoms with van der Waals surface area (Å²) in [5.41, 5.74) is 0. The van der Waals surface area contributed by atoms with E-state index in [2.05, 4.69) is 4.98 Å². The smallest absolute Gasteiger partial charge is 0.244 e. The van der Waals surface area contributed by atoms with E-state index in [9.17, 15) is 5.21 Å². The number of nitrogens with one attached hydrogen (secondary N) is 1. The first kappa shape index (κ1) is 3.21. The van der Waals surface area contributed by atoms with E-state index in [1.165, 1.54) is 12.5 Å². The van der Waals surface area contributed by atoms with Crippen LogP contribution in [0.1, 0.15) is 0 Å². The number of hydrogen-bond donors (Lipinski definition) is 1. The van der Waals surface area contributed by atoms with Crippen LogP contribution in [0.25, 0.3) is 0 Å². The van der Waals surface area contributed by atoms with Crippen LogP contribution in [0, 0.1) is 5.21 Å². The van der Waals surface area contributed by atoms with Crippen LogP contribution in [0.3, 0.4) is 0 Å². The summed E-state index contributed by atoms with van der Waals surface area (Å²) < 4.78 is 0.694. The van der Waals surface area contributed by atoms with Crippen LogP contribution in [0.15, 0.2) is 18.7 Å². The lowest BCUT2D eigenvalue weighted by molar-refractivity contribution is -0.603. The molecule has 0 aliphatic carbocycles. The van der Waals surface area contributed by atoms with Gasteiger partial charge in [-0.1, -0.05) is 0 Å². The summed E-state index contributed by atoms with van der Waals surface area (Å²) in [6.07, 6.45) is 4.27. The maximum absolute atomic E-state index is 9.95. The summed E-state index contributed by atoms with van der Waals surface area (Å²) in [5, 5.41) is 9.95. The van der Waals surface area contributed by atoms with E-state index in [1.807, 2.05) is 0 Å². The molecule has 0 saturated carbocycles. The number of imidazole rings is 1. The second-order valence-electron chi connectivity index (χ2n) is 0.971. The fourth-order valence-electron chi connectivity index (χ4n) is 0.276. The monoisotopic (exact) mass is 84.0 g/mol. The van der Waals surface area contributed by atoms with Crippen molar-refractivity contribution in [3.05, 3.63) is 23.9 Å². The number of aromatic amines is 1. The number of H-pyrrole nitrogens is 1. The molecule has 1 N–H and O–H groups in total. The molecule has 0 bridgehead atoms. The van der Waals surface area contributed by atoms with Crippen molar-refractivity contribution in [3.63, 3.8) is 0 Å². The Bertz CT molecular complexity index is 112. The lowest BCUT2D eigenvalue weighted by atomic mass is 11.0. The second-order valence-corrected chi connectivity index (χ2v) is 0.971. The van der Waals surface area contributed by atoms with Crippen LogP contribution < -0.4 is 4.73 Å². The molecule has 0 amide bonds. The maximum atomic E-state index is 9.95. The molecule has 3 heteroatoms. The molecular weight excluding hydrogens is 80.0 g/mol. The van der Waals surface area contributed by atoms with Gasteiger partial charge in [0.15, 0.2) is 0 Å². The highest BCUT2D eigenvalue weighted by Gasteiger charge is 1.73. The first-order valence-corrected chi connectivity index (χ1v) is 1.61. The molecule has 3 nitrogen and oxygen atoms in total. The van der Waals surface area contributed by atoms with Crippen LogP contribution in [0.4, 0.5) is 0 Å². The minimum absolute atomic E-state index is 0.694. The van der Waals surface area contributed by atoms with E-state index in [1.54, 1.807) is 6.20 Å². The van der Waals surface area contributed by atoms with Crippen LogP contribution in [-0.2, 0) is 0 Å². The van der Waals surface area contributed by atoms with Crippen LogP contribution >= 0.6 is 0 Å². The Morgan fingerprint density at radius 1 is 1.67 bits per heavy atom. The van der Waals surface area contributed by atoms with Crippen molar-refractivity contribution < 1.29 is 4.73 Å². The molecule has 1 heterocycles. The highest BCUT2D eigenvalue weighted by Crippen LogP contribution is 1.60. The Kier molecular flexibility index (Phi) is 0.538. The fourth-order valence-corrected chi connectivity index (χ4v) is 0.276. The summed E-state index contributed by atoms with van der Waals surface area (Å²) in [6.45, 7) is 0. The molecule has 0 aliphatic rings. The standard InChI is InChI=1S/C3H4N2O/c6-5-2-1-4-3-5/h1-4H. The molecule has 0 unspecified atom stereocenters. The van der Waals surface area contributed by atoms with Gasteiger partial charge >= 0.3 is 0 Å². The Balaban J connectivity index is 3.05. The lowest BCUT2D eigenvalue weighted by Crippen LogP contribution is -2.20. The first-order valence-electron chi connectivity index (χ1n) is 1.61. The van der Waals surface area contributed by atoms with Gasteiger partial charge in [-0.3, -0.25) is 0 Å². The Morgan fingerprint density at radius 3 is 2.67 bits per heavy atom. The molecule has 0 saturated heterocycles. The molecule has 6 heavy (non-hydrogen) atoms. The zero-order chi connectivity index (χ0) is 4.41. The van der Waals surface area contributed by atoms with Gasteiger partial charge in [0.05, 0.1) is 0 Å². The van der Waals surface area contributed by atoms with Crippen molar-refractivity contribution in [2.45, 2.75) is 0 Å². The molecule has 0 atom stereocenters. The normalized spacial score (nSPS) is 8.67. The molecule has 0 aliphatic heterocycles. The summed E-state index contributed by atoms with van der Waals surface area (Å²) in [6, 6.07) is 0. The molecule has 0 fully saturated rings. The third kappa shape index (κ3) is 0.337. The van der Waals surface area contributed by atoms with Crippen LogP contribution in [0.2, 0.25) is 0 Å². The molecule has 0 radical (unpaired) electrons. The van der Waals surface area contributed by atoms with Crippen molar-refractivity contribution in [1.29, 1.82) is 0 Å². The van der Waals surface area contributed by atoms with Crippen molar-refractivity contribution >= 4 is 0 Å². The SMILES string of the molecule is [O-][n+]1cc[nH]c1. The minimum Gasteiger partial charge on any atom is -0.711 e. The number of rotatable bonds is 0. The molecule has 0 aromatic carbocycles. The van der Waals surface area contributed by atoms with E-state index in [0.717, 1.165) is 0 Å². The number of aromatic nitrogens is 2. The van der Waals surface area contributed by atoms with Gasteiger partial charge in [0.1, 0.15) is 12.4 Å². The number of hydrogen-bond acceptors (Lipinski definition) is 1. The van der Waals surface area contributed by atoms with Gasteiger partial charge in [-0.05, 0) is 0 Å². The highest BCUT2D eigenvalue weighted by atomic mass is 16.5. The molecular formula is C3H4N2O. The van der Waals surface area contributed by atoms with Gasteiger partial charge in [-0.2, -0.15) is 0 Å². The van der Waals surface area contributed by atoms with Gasteiger partial charge in [0.25, 0.3) is 0 Å². The zero-order valence-corrected chi connectivity index (χ0v) is 3.09. The first-order chi connectivity index (χ1) is 2.89. The van der Waals surface area contributed by atoms with Gasteiger partial charge in [-0.25, -0.2) is 9.71 Å². The third-order valence-corrected chi connectivity index (χ3v) is 0.519. The predicted molar refractivity (Wildman–Crippen MR) is 19.8 cm³/mol. The Labute approximate surface area is 34.8 Å². The second kappa shape index (κ2) is 1.01. The summed E-state index contributed by atoms with van der Waals surface area (Å²) >= 11 is 0. The minimum atomic E-state index is 0.694. The molecule has 1 rings (SSSR count). The number of nitrogens with zero attached hydrogens (tertiary/aromatic N) is 1. The summed E-state index contributed by atoms with van der Waals surface area (Å²) in [4.78, 5) is 2.58. The maximum Gasteiger partial charge on any atom is 0.244 e. The average Bonchev–Trinajstić information content (AvgIpc) is 1.86. The van der Waals surface area contributed by atoms with E-state index < -0.39 is 0 Å². The zero-order valence-electron chi connectivity index (χ0n) is 3.09. The van der Waals surface area contributed by atoms with E-state index >= 15 is 0 Å². The van der Waals surface area contributed by atoms with E-state index in [-0.39, 0.29) is 0 Å². The Hall–Kier alpha value is -0.990. The van der Waals surface area contributed by atoms with E-state index in [0.29, 0.717) is 4.73 Å². The van der Waals surface area contributed by atoms with Gasteiger partial charge in [0, 0.05) is 0 Å². The van der Waals surface area contributed by atoms with Gasteiger partial charge in [0.2, 0.25) is 6.33 Å². The molecule has 32 valence electrons. The fraction of sp³-hybridized carbons (Fsp3) is 0. The molecule has 1 aromatic heterocycles. The van der Waals surface area contributed by atoms with Crippen LogP contribution in [0.5, 0.6) is 0 Å². The molecule has 1 aromatic rings. The lowest BCUT2D eigenvalue weighted by Gasteiger charge is -1.86. The quantitative estimate of drug-likeness (QED) is 0.339. The van der Waals surface area contributed by atoms with Crippen LogP contribution in [-0.4, -0.2) is 4.98 Å². The summed E-state index contributed by atoms with van der Waals surface area (Å²) in [7, 11) is 0. The topological polar surface area (TPSA) is 42.7 Å². The average molecular weight is 84.1 g/mol. The highest BCUT2D eigenvalue weighted by molar-refractivity contribution is 4.55. The Morgan fingerprint density at radius 2 is 2.50 bits per heavy atom. The molecule has 0 spiro atoms. The largest absolute Gasteiger partial charge is 0.711 e. The predicted octanol–water partition coefficient (Wildman–Crippen LogP) is -0.352. The van der Waals surface area contributed by atoms with E-state index in [4.69, 9.17) is 0 Å². The van der Waals surface area contributed by atoms with Gasteiger partial charge in [-0.15, -0.1) is 0 Å². The third-order valence-electron chi connectivity index (χ3n) is 0.519. The summed E-state index contributed by atoms with van der Waals surface area (Å²) in [5.74, 6) is 0. The van der Waals surface area contributed by atoms with Crippen molar-refractivity contribution in [2.24, 2.45) is 0 Å². The van der Waals surface area contributed by atoms with Gasteiger partial charge < -0.3 is 5.21 Å². The van der Waals surface area contributed by atoms with Crippen molar-refractivity contribution in [2.75, 3.05) is 0 Å². The van der Waals surface area contributed by atoms with Crippen molar-refractivity contribution in [3.8, 4) is 0 Å².